The number of epoxide rings is 1. The molecule has 76 valence electrons. The Labute approximate surface area is 83.6 Å². The van der Waals surface area contributed by atoms with Gasteiger partial charge in [0.05, 0.1) is 24.2 Å². The molecule has 0 N–H and O–H groups in total. The monoisotopic (exact) mass is 212 g/mol. The maximum atomic E-state index is 11.6. The Bertz CT molecular complexity index is 393. The Balaban J connectivity index is 2.02. The van der Waals surface area contributed by atoms with Crippen LogP contribution in [0, 0.1) is 0 Å². The van der Waals surface area contributed by atoms with E-state index >= 15 is 0 Å². The van der Waals surface area contributed by atoms with Crippen LogP contribution in [-0.4, -0.2) is 26.9 Å². The first-order valence-corrected chi connectivity index (χ1v) is 6.34. The van der Waals surface area contributed by atoms with Gasteiger partial charge in [-0.2, -0.15) is 0 Å². The fourth-order valence-corrected chi connectivity index (χ4v) is 2.91. The van der Waals surface area contributed by atoms with Gasteiger partial charge in [0.2, 0.25) is 0 Å². The highest BCUT2D eigenvalue weighted by Crippen LogP contribution is 2.15. The molecule has 1 unspecified atom stereocenters. The van der Waals surface area contributed by atoms with E-state index in [0.29, 0.717) is 6.61 Å². The molecule has 1 aromatic carbocycles. The Morgan fingerprint density at radius 1 is 1.29 bits per heavy atom. The van der Waals surface area contributed by atoms with Crippen LogP contribution in [0.5, 0.6) is 0 Å². The highest BCUT2D eigenvalue weighted by atomic mass is 32.2. The summed E-state index contributed by atoms with van der Waals surface area (Å²) in [7, 11) is -3.00. The molecule has 0 spiro atoms. The van der Waals surface area contributed by atoms with Gasteiger partial charge in [-0.3, -0.25) is 0 Å². The van der Waals surface area contributed by atoms with Crippen LogP contribution in [-0.2, 0) is 20.3 Å². The second kappa shape index (κ2) is 3.71. The van der Waals surface area contributed by atoms with Gasteiger partial charge < -0.3 is 4.74 Å². The Morgan fingerprint density at radius 2 is 1.93 bits per heavy atom. The summed E-state index contributed by atoms with van der Waals surface area (Å²) < 4.78 is 28.0. The minimum absolute atomic E-state index is 0.0521. The molecule has 2 rings (SSSR count). The molecule has 0 aromatic heterocycles. The second-order valence-electron chi connectivity index (χ2n) is 3.50. The number of rotatable bonds is 4. The molecule has 1 fully saturated rings. The average Bonchev–Trinajstić information content (AvgIpc) is 2.88. The summed E-state index contributed by atoms with van der Waals surface area (Å²) in [6, 6.07) is 9.22. The zero-order valence-corrected chi connectivity index (χ0v) is 8.53. The number of sulfone groups is 1. The van der Waals surface area contributed by atoms with E-state index < -0.39 is 9.84 Å². The van der Waals surface area contributed by atoms with Gasteiger partial charge >= 0.3 is 0 Å². The van der Waals surface area contributed by atoms with E-state index in [4.69, 9.17) is 4.74 Å². The van der Waals surface area contributed by atoms with Crippen LogP contribution in [0.15, 0.2) is 30.3 Å². The molecule has 1 saturated heterocycles. The van der Waals surface area contributed by atoms with Gasteiger partial charge in [-0.05, 0) is 5.56 Å². The van der Waals surface area contributed by atoms with Crippen molar-refractivity contribution in [3.63, 3.8) is 0 Å². The fraction of sp³-hybridized carbons (Fsp3) is 0.400. The Kier molecular flexibility index (Phi) is 2.56. The van der Waals surface area contributed by atoms with Crippen LogP contribution in [0.25, 0.3) is 0 Å². The van der Waals surface area contributed by atoms with Crippen molar-refractivity contribution in [2.75, 3.05) is 12.4 Å². The van der Waals surface area contributed by atoms with Crippen molar-refractivity contribution in [3.05, 3.63) is 35.9 Å². The lowest BCUT2D eigenvalue weighted by molar-refractivity contribution is 0.422. The summed E-state index contributed by atoms with van der Waals surface area (Å²) >= 11 is 0. The highest BCUT2D eigenvalue weighted by molar-refractivity contribution is 7.90. The third-order valence-corrected chi connectivity index (χ3v) is 3.72. The van der Waals surface area contributed by atoms with Gasteiger partial charge in [-0.15, -0.1) is 0 Å². The summed E-state index contributed by atoms with van der Waals surface area (Å²) in [6.07, 6.45) is -0.0521. The molecule has 1 aromatic rings. The number of benzene rings is 1. The fourth-order valence-electron chi connectivity index (χ4n) is 1.33. The van der Waals surface area contributed by atoms with Crippen molar-refractivity contribution in [2.24, 2.45) is 0 Å². The van der Waals surface area contributed by atoms with Crippen LogP contribution in [0.1, 0.15) is 5.56 Å². The molecule has 0 radical (unpaired) electrons. The number of hydrogen-bond acceptors (Lipinski definition) is 3. The predicted molar refractivity (Wildman–Crippen MR) is 53.7 cm³/mol. The minimum Gasteiger partial charge on any atom is -0.372 e. The molecular formula is C10H12O3S. The maximum absolute atomic E-state index is 11.6. The van der Waals surface area contributed by atoms with Crippen molar-refractivity contribution in [1.82, 2.24) is 0 Å². The lowest BCUT2D eigenvalue weighted by atomic mass is 10.2. The van der Waals surface area contributed by atoms with Crippen molar-refractivity contribution < 1.29 is 13.2 Å². The lowest BCUT2D eigenvalue weighted by Gasteiger charge is -2.01. The molecular weight excluding hydrogens is 200 g/mol. The third kappa shape index (κ3) is 2.82. The molecule has 0 bridgehead atoms. The summed E-state index contributed by atoms with van der Waals surface area (Å²) in [5, 5.41) is 0. The molecule has 1 atom stereocenters. The van der Waals surface area contributed by atoms with E-state index in [9.17, 15) is 8.42 Å². The predicted octanol–water partition coefficient (Wildman–Crippen LogP) is 1.00. The number of hydrogen-bond donors (Lipinski definition) is 0. The van der Waals surface area contributed by atoms with Gasteiger partial charge in [-0.25, -0.2) is 8.42 Å². The van der Waals surface area contributed by atoms with E-state index in [2.05, 4.69) is 0 Å². The Hall–Kier alpha value is -0.870. The molecule has 14 heavy (non-hydrogen) atoms. The minimum atomic E-state index is -3.00. The van der Waals surface area contributed by atoms with E-state index in [0.717, 1.165) is 5.56 Å². The maximum Gasteiger partial charge on any atom is 0.157 e. The molecule has 3 nitrogen and oxygen atoms in total. The summed E-state index contributed by atoms with van der Waals surface area (Å²) in [6.45, 7) is 0.591. The van der Waals surface area contributed by atoms with Crippen molar-refractivity contribution in [1.29, 1.82) is 0 Å². The van der Waals surface area contributed by atoms with Crippen molar-refractivity contribution in [2.45, 2.75) is 11.9 Å². The van der Waals surface area contributed by atoms with E-state index in [1.165, 1.54) is 0 Å². The molecule has 1 aliphatic rings. The van der Waals surface area contributed by atoms with Gasteiger partial charge in [0.25, 0.3) is 0 Å². The van der Waals surface area contributed by atoms with Crippen LogP contribution >= 0.6 is 0 Å². The third-order valence-electron chi connectivity index (χ3n) is 2.07. The van der Waals surface area contributed by atoms with Crippen LogP contribution < -0.4 is 0 Å². The normalized spacial score (nSPS) is 20.7. The standard InChI is InChI=1S/C10H12O3S/c11-14(12,8-10-6-13-10)7-9-4-2-1-3-5-9/h1-5,10H,6-8H2. The SMILES string of the molecule is O=S(=O)(Cc1ccccc1)CC1CO1. The van der Waals surface area contributed by atoms with Crippen LogP contribution in [0.2, 0.25) is 0 Å². The quantitative estimate of drug-likeness (QED) is 0.699. The summed E-state index contributed by atoms with van der Waals surface area (Å²) in [5.74, 6) is 0.273. The molecule has 0 aliphatic carbocycles. The van der Waals surface area contributed by atoms with E-state index in [1.807, 2.05) is 30.3 Å². The molecule has 0 amide bonds. The van der Waals surface area contributed by atoms with Gasteiger partial charge in [0.1, 0.15) is 0 Å². The zero-order valence-electron chi connectivity index (χ0n) is 7.72. The van der Waals surface area contributed by atoms with Gasteiger partial charge in [-0.1, -0.05) is 30.3 Å². The smallest absolute Gasteiger partial charge is 0.157 e. The Morgan fingerprint density at radius 3 is 2.50 bits per heavy atom. The molecule has 1 heterocycles. The first kappa shape index (κ1) is 9.68. The van der Waals surface area contributed by atoms with E-state index in [1.54, 1.807) is 0 Å². The zero-order chi connectivity index (χ0) is 10.0. The molecule has 1 aliphatic heterocycles. The first-order valence-electron chi connectivity index (χ1n) is 4.52. The molecule has 0 saturated carbocycles. The van der Waals surface area contributed by atoms with Gasteiger partial charge in [0.15, 0.2) is 9.84 Å². The van der Waals surface area contributed by atoms with E-state index in [-0.39, 0.29) is 17.6 Å². The highest BCUT2D eigenvalue weighted by Gasteiger charge is 2.29. The summed E-state index contributed by atoms with van der Waals surface area (Å²) in [4.78, 5) is 0. The van der Waals surface area contributed by atoms with Gasteiger partial charge in [0, 0.05) is 0 Å². The summed E-state index contributed by atoms with van der Waals surface area (Å²) in [5.41, 5.74) is 0.841. The van der Waals surface area contributed by atoms with Crippen LogP contribution in [0.4, 0.5) is 0 Å². The van der Waals surface area contributed by atoms with Crippen molar-refractivity contribution in [3.8, 4) is 0 Å². The number of ether oxygens (including phenoxy) is 1. The first-order chi connectivity index (χ1) is 6.66. The average molecular weight is 212 g/mol. The second-order valence-corrected chi connectivity index (χ2v) is 5.60. The topological polar surface area (TPSA) is 46.7 Å². The molecule has 4 heteroatoms. The largest absolute Gasteiger partial charge is 0.372 e. The van der Waals surface area contributed by atoms with Crippen LogP contribution in [0.3, 0.4) is 0 Å². The lowest BCUT2D eigenvalue weighted by Crippen LogP contribution is -2.13. The van der Waals surface area contributed by atoms with Crippen molar-refractivity contribution >= 4 is 9.84 Å².